The molecule has 0 unspecified atom stereocenters. The van der Waals surface area contributed by atoms with Crippen LogP contribution in [-0.4, -0.2) is 11.1 Å². The van der Waals surface area contributed by atoms with E-state index in [-0.39, 0.29) is 13.0 Å². The standard InChI is InChI=1S/C17H11BrCl2O4/c18-13-5-12-10(3-17(21)22)8-23-15(12)6-16(13)24-7-9-1-2-11(19)4-14(9)20/h1-2,4-6,8H,3,7H2,(H,21,22). The molecule has 24 heavy (non-hydrogen) atoms. The molecule has 0 aliphatic rings. The summed E-state index contributed by atoms with van der Waals surface area (Å²) in [5, 5.41) is 10.8. The second kappa shape index (κ2) is 7.05. The fourth-order valence-electron chi connectivity index (χ4n) is 2.29. The molecule has 3 rings (SSSR count). The van der Waals surface area contributed by atoms with Crippen LogP contribution in [0.4, 0.5) is 0 Å². The Hall–Kier alpha value is -1.69. The lowest BCUT2D eigenvalue weighted by Gasteiger charge is -2.10. The lowest BCUT2D eigenvalue weighted by atomic mass is 10.1. The SMILES string of the molecule is O=C(O)Cc1coc2cc(OCc3ccc(Cl)cc3Cl)c(Br)cc12. The van der Waals surface area contributed by atoms with Gasteiger partial charge in [0.2, 0.25) is 0 Å². The van der Waals surface area contributed by atoms with Crippen molar-refractivity contribution < 1.29 is 19.1 Å². The maximum Gasteiger partial charge on any atom is 0.307 e. The topological polar surface area (TPSA) is 59.7 Å². The van der Waals surface area contributed by atoms with E-state index in [9.17, 15) is 4.79 Å². The molecule has 0 saturated carbocycles. The van der Waals surface area contributed by atoms with E-state index >= 15 is 0 Å². The number of fused-ring (bicyclic) bond motifs is 1. The molecule has 7 heteroatoms. The molecule has 2 aromatic carbocycles. The van der Waals surface area contributed by atoms with E-state index in [0.29, 0.717) is 31.4 Å². The van der Waals surface area contributed by atoms with Crippen molar-refractivity contribution >= 4 is 56.1 Å². The van der Waals surface area contributed by atoms with Gasteiger partial charge >= 0.3 is 5.97 Å². The van der Waals surface area contributed by atoms with E-state index in [1.54, 1.807) is 30.3 Å². The molecule has 0 bridgehead atoms. The van der Waals surface area contributed by atoms with E-state index in [1.165, 1.54) is 6.26 Å². The van der Waals surface area contributed by atoms with Crippen LogP contribution in [-0.2, 0) is 17.8 Å². The molecule has 0 spiro atoms. The van der Waals surface area contributed by atoms with Gasteiger partial charge in [-0.3, -0.25) is 4.79 Å². The molecule has 0 aliphatic carbocycles. The van der Waals surface area contributed by atoms with E-state index in [4.69, 9.17) is 37.5 Å². The van der Waals surface area contributed by atoms with E-state index < -0.39 is 5.97 Å². The van der Waals surface area contributed by atoms with Gasteiger partial charge in [0.05, 0.1) is 17.2 Å². The van der Waals surface area contributed by atoms with Gasteiger partial charge in [-0.05, 0) is 34.1 Å². The Labute approximate surface area is 156 Å². The van der Waals surface area contributed by atoms with Crippen LogP contribution >= 0.6 is 39.1 Å². The van der Waals surface area contributed by atoms with E-state index in [2.05, 4.69) is 15.9 Å². The summed E-state index contributed by atoms with van der Waals surface area (Å²) < 4.78 is 11.9. The van der Waals surface area contributed by atoms with Gasteiger partial charge in [-0.2, -0.15) is 0 Å². The Kier molecular flexibility index (Phi) is 5.04. The van der Waals surface area contributed by atoms with Crippen LogP contribution in [0.3, 0.4) is 0 Å². The third-order valence-corrected chi connectivity index (χ3v) is 4.65. The van der Waals surface area contributed by atoms with Gasteiger partial charge in [0, 0.05) is 32.6 Å². The highest BCUT2D eigenvalue weighted by Crippen LogP contribution is 2.34. The number of aliphatic carboxylic acids is 1. The van der Waals surface area contributed by atoms with Crippen molar-refractivity contribution in [3.8, 4) is 5.75 Å². The Bertz CT molecular complexity index is 920. The Balaban J connectivity index is 1.84. The van der Waals surface area contributed by atoms with Gasteiger partial charge in [0.15, 0.2) is 0 Å². The number of carboxylic acid groups (broad SMARTS) is 1. The number of benzene rings is 2. The zero-order chi connectivity index (χ0) is 17.3. The van der Waals surface area contributed by atoms with Crippen molar-refractivity contribution in [3.05, 3.63) is 62.2 Å². The molecule has 0 aliphatic heterocycles. The maximum absolute atomic E-state index is 10.9. The summed E-state index contributed by atoms with van der Waals surface area (Å²) in [6.45, 7) is 0.267. The summed E-state index contributed by atoms with van der Waals surface area (Å²) in [5.41, 5.74) is 1.98. The fraction of sp³-hybridized carbons (Fsp3) is 0.118. The summed E-state index contributed by atoms with van der Waals surface area (Å²) in [6.07, 6.45) is 1.35. The minimum Gasteiger partial charge on any atom is -0.488 e. The molecular formula is C17H11BrCl2O4. The van der Waals surface area contributed by atoms with E-state index in [1.807, 2.05) is 0 Å². The average molecular weight is 430 g/mol. The van der Waals surface area contributed by atoms with Gasteiger partial charge < -0.3 is 14.3 Å². The highest BCUT2D eigenvalue weighted by atomic mass is 79.9. The van der Waals surface area contributed by atoms with Crippen LogP contribution in [0.15, 0.2) is 45.5 Å². The van der Waals surface area contributed by atoms with Crippen LogP contribution in [0.5, 0.6) is 5.75 Å². The van der Waals surface area contributed by atoms with Crippen molar-refractivity contribution in [3.63, 3.8) is 0 Å². The summed E-state index contributed by atoms with van der Waals surface area (Å²) in [7, 11) is 0. The van der Waals surface area contributed by atoms with Gasteiger partial charge in [-0.1, -0.05) is 29.3 Å². The van der Waals surface area contributed by atoms with Gasteiger partial charge in [0.1, 0.15) is 17.9 Å². The quantitative estimate of drug-likeness (QED) is 0.564. The highest BCUT2D eigenvalue weighted by molar-refractivity contribution is 9.10. The third kappa shape index (κ3) is 3.69. The number of ether oxygens (including phenoxy) is 1. The Morgan fingerprint density at radius 2 is 2.00 bits per heavy atom. The highest BCUT2D eigenvalue weighted by Gasteiger charge is 2.13. The molecular weight excluding hydrogens is 419 g/mol. The third-order valence-electron chi connectivity index (χ3n) is 3.45. The molecule has 0 amide bonds. The van der Waals surface area contributed by atoms with E-state index in [0.717, 1.165) is 10.9 Å². The fourth-order valence-corrected chi connectivity index (χ4v) is 3.21. The zero-order valence-corrected chi connectivity index (χ0v) is 15.3. The Morgan fingerprint density at radius 1 is 1.21 bits per heavy atom. The summed E-state index contributed by atoms with van der Waals surface area (Å²) in [6, 6.07) is 8.71. The first-order chi connectivity index (χ1) is 11.4. The number of hydrogen-bond acceptors (Lipinski definition) is 3. The number of halogens is 3. The minimum atomic E-state index is -0.911. The smallest absolute Gasteiger partial charge is 0.307 e. The van der Waals surface area contributed by atoms with Gasteiger partial charge in [-0.15, -0.1) is 0 Å². The lowest BCUT2D eigenvalue weighted by Crippen LogP contribution is -1.99. The molecule has 0 atom stereocenters. The monoisotopic (exact) mass is 428 g/mol. The van der Waals surface area contributed by atoms with Crippen molar-refractivity contribution in [1.82, 2.24) is 0 Å². The van der Waals surface area contributed by atoms with Crippen molar-refractivity contribution in [1.29, 1.82) is 0 Å². The zero-order valence-electron chi connectivity index (χ0n) is 12.2. The van der Waals surface area contributed by atoms with Crippen LogP contribution in [0.2, 0.25) is 10.0 Å². The molecule has 1 N–H and O–H groups in total. The molecule has 0 fully saturated rings. The second-order valence-corrected chi connectivity index (χ2v) is 6.83. The number of furan rings is 1. The number of rotatable bonds is 5. The molecule has 0 radical (unpaired) electrons. The Morgan fingerprint density at radius 3 is 2.71 bits per heavy atom. The van der Waals surface area contributed by atoms with Crippen LogP contribution in [0.1, 0.15) is 11.1 Å². The first kappa shape index (κ1) is 17.1. The van der Waals surface area contributed by atoms with Crippen LogP contribution in [0.25, 0.3) is 11.0 Å². The first-order valence-corrected chi connectivity index (χ1v) is 8.47. The van der Waals surface area contributed by atoms with Crippen molar-refractivity contribution in [2.45, 2.75) is 13.0 Å². The summed E-state index contributed by atoms with van der Waals surface area (Å²) in [5.74, 6) is -0.337. The largest absolute Gasteiger partial charge is 0.488 e. The first-order valence-electron chi connectivity index (χ1n) is 6.92. The summed E-state index contributed by atoms with van der Waals surface area (Å²) >= 11 is 15.4. The van der Waals surface area contributed by atoms with Crippen molar-refractivity contribution in [2.24, 2.45) is 0 Å². The van der Waals surface area contributed by atoms with Gasteiger partial charge in [-0.25, -0.2) is 0 Å². The lowest BCUT2D eigenvalue weighted by molar-refractivity contribution is -0.136. The average Bonchev–Trinajstić information content (AvgIpc) is 2.87. The predicted molar refractivity (Wildman–Crippen MR) is 96.0 cm³/mol. The molecule has 1 aromatic heterocycles. The summed E-state index contributed by atoms with van der Waals surface area (Å²) in [4.78, 5) is 10.9. The second-order valence-electron chi connectivity index (χ2n) is 5.13. The van der Waals surface area contributed by atoms with Gasteiger partial charge in [0.25, 0.3) is 0 Å². The van der Waals surface area contributed by atoms with Crippen LogP contribution in [0, 0.1) is 0 Å². The molecule has 124 valence electrons. The number of hydrogen-bond donors (Lipinski definition) is 1. The minimum absolute atomic E-state index is 0.0972. The van der Waals surface area contributed by atoms with Crippen molar-refractivity contribution in [2.75, 3.05) is 0 Å². The normalized spacial score (nSPS) is 11.0. The molecule has 3 aromatic rings. The number of carboxylic acids is 1. The predicted octanol–water partition coefficient (Wildman–Crippen LogP) is 5.71. The number of carbonyl (C=O) groups is 1. The maximum atomic E-state index is 10.9. The molecule has 4 nitrogen and oxygen atoms in total. The molecule has 1 heterocycles. The van der Waals surface area contributed by atoms with Crippen LogP contribution < -0.4 is 4.74 Å². The molecule has 0 saturated heterocycles.